The summed E-state index contributed by atoms with van der Waals surface area (Å²) in [5.74, 6) is 1.79. The lowest BCUT2D eigenvalue weighted by Gasteiger charge is -2.09. The van der Waals surface area contributed by atoms with E-state index in [0.717, 1.165) is 11.8 Å². The van der Waals surface area contributed by atoms with Gasteiger partial charge in [-0.1, -0.05) is 23.7 Å². The molecule has 25 heavy (non-hydrogen) atoms. The summed E-state index contributed by atoms with van der Waals surface area (Å²) in [5.41, 5.74) is 4.86. The summed E-state index contributed by atoms with van der Waals surface area (Å²) < 4.78 is 0. The Balaban J connectivity index is 2.33. The van der Waals surface area contributed by atoms with Gasteiger partial charge in [0.05, 0.1) is 10.7 Å². The summed E-state index contributed by atoms with van der Waals surface area (Å²) in [6, 6.07) is 4.07. The molecule has 0 aliphatic rings. The highest BCUT2D eigenvalue weighted by Gasteiger charge is 2.20. The molecule has 0 aliphatic carbocycles. The molecule has 1 amide bonds. The Bertz CT molecular complexity index is 948. The van der Waals surface area contributed by atoms with E-state index in [1.165, 1.54) is 25.1 Å². The molecule has 9 nitrogen and oxygen atoms in total. The van der Waals surface area contributed by atoms with Gasteiger partial charge in [-0.05, 0) is 13.0 Å². The highest BCUT2D eigenvalue weighted by Crippen LogP contribution is 2.22. The normalized spacial score (nSPS) is 10.1. The maximum absolute atomic E-state index is 12.4. The molecule has 0 bridgehead atoms. The van der Waals surface area contributed by atoms with Crippen molar-refractivity contribution in [1.82, 2.24) is 9.97 Å². The van der Waals surface area contributed by atoms with Crippen molar-refractivity contribution in [2.24, 2.45) is 0 Å². The van der Waals surface area contributed by atoms with Gasteiger partial charge in [0.15, 0.2) is 11.0 Å². The molecule has 1 aromatic carbocycles. The molecule has 2 aromatic rings. The predicted molar refractivity (Wildman–Crippen MR) is 94.6 cm³/mol. The number of hydrogen-bond acceptors (Lipinski definition) is 7. The van der Waals surface area contributed by atoms with E-state index in [9.17, 15) is 19.7 Å². The van der Waals surface area contributed by atoms with Crippen molar-refractivity contribution in [2.45, 2.75) is 12.1 Å². The molecule has 0 aliphatic heterocycles. The number of terminal acetylenes is 1. The van der Waals surface area contributed by atoms with Gasteiger partial charge >= 0.3 is 0 Å². The van der Waals surface area contributed by atoms with Crippen molar-refractivity contribution in [1.29, 1.82) is 0 Å². The quantitative estimate of drug-likeness (QED) is 0.241. The van der Waals surface area contributed by atoms with Crippen LogP contribution in [0.3, 0.4) is 0 Å². The Hall–Kier alpha value is -3.32. The summed E-state index contributed by atoms with van der Waals surface area (Å²) in [7, 11) is 0. The molecular weight excluding hydrogens is 346 g/mol. The number of nitrogens with two attached hydrogens (primary N) is 1. The monoisotopic (exact) mass is 359 g/mol. The van der Waals surface area contributed by atoms with E-state index in [4.69, 9.17) is 12.2 Å². The molecule has 1 heterocycles. The fraction of sp³-hybridized carbons (Fsp3) is 0.133. The summed E-state index contributed by atoms with van der Waals surface area (Å²) >= 11 is 1.11. The summed E-state index contributed by atoms with van der Waals surface area (Å²) in [5, 5.41) is 13.5. The van der Waals surface area contributed by atoms with Gasteiger partial charge in [0.25, 0.3) is 17.2 Å². The zero-order chi connectivity index (χ0) is 18.6. The van der Waals surface area contributed by atoms with E-state index in [1.54, 1.807) is 0 Å². The first-order valence-electron chi connectivity index (χ1n) is 6.86. The average Bonchev–Trinajstić information content (AvgIpc) is 2.56. The highest BCUT2D eigenvalue weighted by molar-refractivity contribution is 7.99. The van der Waals surface area contributed by atoms with E-state index in [2.05, 4.69) is 21.2 Å². The molecule has 0 atom stereocenters. The van der Waals surface area contributed by atoms with Crippen LogP contribution in [0.4, 0.5) is 17.2 Å². The number of nitro groups is 1. The zero-order valence-electron chi connectivity index (χ0n) is 13.0. The van der Waals surface area contributed by atoms with Gasteiger partial charge in [-0.25, -0.2) is 4.98 Å². The topological polar surface area (TPSA) is 144 Å². The second-order valence-corrected chi connectivity index (χ2v) is 5.75. The van der Waals surface area contributed by atoms with Crippen LogP contribution in [0.1, 0.15) is 15.9 Å². The minimum atomic E-state index is -0.704. The molecule has 2 rings (SSSR count). The van der Waals surface area contributed by atoms with E-state index in [0.29, 0.717) is 5.75 Å². The molecule has 0 saturated carbocycles. The lowest BCUT2D eigenvalue weighted by Crippen LogP contribution is -2.23. The smallest absolute Gasteiger partial charge is 0.277 e. The number of aromatic nitrogens is 2. The molecule has 0 radical (unpaired) electrons. The molecule has 0 unspecified atom stereocenters. The van der Waals surface area contributed by atoms with Crippen LogP contribution in [-0.2, 0) is 0 Å². The van der Waals surface area contributed by atoms with Gasteiger partial charge in [0.2, 0.25) is 0 Å². The van der Waals surface area contributed by atoms with Gasteiger partial charge in [-0.3, -0.25) is 24.7 Å². The largest absolute Gasteiger partial charge is 0.382 e. The number of nitro benzene ring substituents is 1. The number of H-pyrrole nitrogens is 1. The summed E-state index contributed by atoms with van der Waals surface area (Å²) in [6.45, 7) is 1.44. The van der Waals surface area contributed by atoms with Crippen LogP contribution in [-0.4, -0.2) is 26.6 Å². The van der Waals surface area contributed by atoms with E-state index < -0.39 is 16.4 Å². The standard InChI is InChI=1S/C15H13N5O4S/c1-3-7-25-15-18-12(16)11(14(22)19-15)17-13(21)9-5-4-6-10(8(9)2)20(23)24/h1,4-6H,7H2,2H3,(H,17,21)(H3,16,18,19,22). The van der Waals surface area contributed by atoms with Gasteiger partial charge in [-0.15, -0.1) is 6.42 Å². The van der Waals surface area contributed by atoms with Gasteiger partial charge in [-0.2, -0.15) is 0 Å². The minimum absolute atomic E-state index is 0.0544. The third-order valence-corrected chi connectivity index (χ3v) is 3.98. The first-order chi connectivity index (χ1) is 11.8. The predicted octanol–water partition coefficient (Wildman–Crippen LogP) is 1.55. The van der Waals surface area contributed by atoms with Gasteiger partial charge in [0.1, 0.15) is 5.69 Å². The molecule has 128 valence electrons. The van der Waals surface area contributed by atoms with Gasteiger partial charge in [0, 0.05) is 17.2 Å². The van der Waals surface area contributed by atoms with Crippen molar-refractivity contribution >= 4 is 34.9 Å². The van der Waals surface area contributed by atoms with Crippen LogP contribution in [0, 0.1) is 29.4 Å². The molecule has 4 N–H and O–H groups in total. The minimum Gasteiger partial charge on any atom is -0.382 e. The number of nitrogens with one attached hydrogen (secondary N) is 2. The second-order valence-electron chi connectivity index (χ2n) is 4.79. The van der Waals surface area contributed by atoms with Crippen molar-refractivity contribution in [3.8, 4) is 12.3 Å². The van der Waals surface area contributed by atoms with Crippen molar-refractivity contribution in [2.75, 3.05) is 16.8 Å². The number of thioether (sulfide) groups is 1. The van der Waals surface area contributed by atoms with Crippen LogP contribution in [0.5, 0.6) is 0 Å². The van der Waals surface area contributed by atoms with Crippen LogP contribution >= 0.6 is 11.8 Å². The Labute approximate surface area is 146 Å². The third kappa shape index (κ3) is 3.96. The molecule has 10 heteroatoms. The number of carbonyl (C=O) groups is 1. The average molecular weight is 359 g/mol. The maximum atomic E-state index is 12.4. The number of hydrogen-bond donors (Lipinski definition) is 3. The zero-order valence-corrected chi connectivity index (χ0v) is 13.8. The third-order valence-electron chi connectivity index (χ3n) is 3.20. The number of nitrogen functional groups attached to an aromatic ring is 1. The molecule has 0 saturated heterocycles. The number of carbonyl (C=O) groups excluding carboxylic acids is 1. The molecule has 1 aromatic heterocycles. The van der Waals surface area contributed by atoms with Crippen LogP contribution < -0.4 is 16.6 Å². The number of rotatable bonds is 5. The van der Waals surface area contributed by atoms with Crippen molar-refractivity contribution in [3.05, 3.63) is 49.8 Å². The summed E-state index contributed by atoms with van der Waals surface area (Å²) in [6.07, 6.45) is 5.13. The Morgan fingerprint density at radius 3 is 2.88 bits per heavy atom. The van der Waals surface area contributed by atoms with Crippen molar-refractivity contribution < 1.29 is 9.72 Å². The SMILES string of the molecule is C#CCSc1nc(N)c(NC(=O)c2cccc([N+](=O)[O-])c2C)c(=O)[nH]1. The number of anilines is 2. The van der Waals surface area contributed by atoms with Gasteiger partial charge < -0.3 is 11.1 Å². The number of aromatic amines is 1. The number of benzene rings is 1. The highest BCUT2D eigenvalue weighted by atomic mass is 32.2. The fourth-order valence-electron chi connectivity index (χ4n) is 2.02. The second kappa shape index (κ2) is 7.50. The molecule has 0 spiro atoms. The number of amides is 1. The maximum Gasteiger partial charge on any atom is 0.277 e. The Morgan fingerprint density at radius 1 is 1.56 bits per heavy atom. The fourth-order valence-corrected chi connectivity index (χ4v) is 2.56. The molecular formula is C15H13N5O4S. The Kier molecular flexibility index (Phi) is 5.41. The first-order valence-corrected chi connectivity index (χ1v) is 7.85. The molecule has 0 fully saturated rings. The first kappa shape index (κ1) is 18.0. The van der Waals surface area contributed by atoms with Crippen molar-refractivity contribution in [3.63, 3.8) is 0 Å². The number of nitrogens with zero attached hydrogens (tertiary/aromatic N) is 2. The summed E-state index contributed by atoms with van der Waals surface area (Å²) in [4.78, 5) is 41.2. The van der Waals surface area contributed by atoms with Crippen LogP contribution in [0.2, 0.25) is 0 Å². The van der Waals surface area contributed by atoms with E-state index in [-0.39, 0.29) is 33.5 Å². The lowest BCUT2D eigenvalue weighted by atomic mass is 10.1. The lowest BCUT2D eigenvalue weighted by molar-refractivity contribution is -0.385. The van der Waals surface area contributed by atoms with Crippen LogP contribution in [0.15, 0.2) is 28.2 Å². The van der Waals surface area contributed by atoms with E-state index >= 15 is 0 Å². The van der Waals surface area contributed by atoms with E-state index in [1.807, 2.05) is 0 Å². The Morgan fingerprint density at radius 2 is 2.28 bits per heavy atom. The van der Waals surface area contributed by atoms with Crippen LogP contribution in [0.25, 0.3) is 0 Å².